The van der Waals surface area contributed by atoms with E-state index in [1.807, 2.05) is 30.0 Å². The van der Waals surface area contributed by atoms with Crippen LogP contribution < -0.4 is 10.3 Å². The zero-order valence-corrected chi connectivity index (χ0v) is 14.2. The SMILES string of the molecule is CC1Cc2cc(C(=O)N3CCC(c4cc(=O)[nH]cn4)CC3)ccc2O1. The second-order valence-electron chi connectivity index (χ2n) is 6.86. The molecular weight excluding hydrogens is 318 g/mol. The molecule has 3 heterocycles. The highest BCUT2D eigenvalue weighted by Crippen LogP contribution is 2.31. The van der Waals surface area contributed by atoms with Gasteiger partial charge in [-0.15, -0.1) is 0 Å². The molecule has 1 fully saturated rings. The van der Waals surface area contributed by atoms with E-state index in [-0.39, 0.29) is 23.5 Å². The number of H-pyrrole nitrogens is 1. The molecule has 1 saturated heterocycles. The van der Waals surface area contributed by atoms with Crippen molar-refractivity contribution in [1.29, 1.82) is 0 Å². The maximum atomic E-state index is 12.8. The minimum absolute atomic E-state index is 0.0691. The number of aromatic amines is 1. The van der Waals surface area contributed by atoms with Crippen molar-refractivity contribution in [3.05, 3.63) is 57.8 Å². The lowest BCUT2D eigenvalue weighted by Crippen LogP contribution is -2.38. The summed E-state index contributed by atoms with van der Waals surface area (Å²) in [4.78, 5) is 32.9. The van der Waals surface area contributed by atoms with E-state index in [9.17, 15) is 9.59 Å². The first-order chi connectivity index (χ1) is 12.1. The Morgan fingerprint density at radius 3 is 2.84 bits per heavy atom. The van der Waals surface area contributed by atoms with Crippen LogP contribution in [0.4, 0.5) is 0 Å². The molecule has 25 heavy (non-hydrogen) atoms. The van der Waals surface area contributed by atoms with Crippen molar-refractivity contribution in [2.75, 3.05) is 13.1 Å². The maximum absolute atomic E-state index is 12.8. The molecule has 130 valence electrons. The molecule has 2 aliphatic heterocycles. The summed E-state index contributed by atoms with van der Waals surface area (Å²) in [7, 11) is 0. The summed E-state index contributed by atoms with van der Waals surface area (Å²) in [6, 6.07) is 7.28. The number of amides is 1. The number of hydrogen-bond acceptors (Lipinski definition) is 4. The molecule has 0 radical (unpaired) electrons. The van der Waals surface area contributed by atoms with E-state index in [0.717, 1.165) is 41.8 Å². The number of aromatic nitrogens is 2. The molecule has 0 saturated carbocycles. The van der Waals surface area contributed by atoms with E-state index in [4.69, 9.17) is 4.74 Å². The molecule has 1 amide bonds. The predicted octanol–water partition coefficient (Wildman–Crippen LogP) is 2.11. The van der Waals surface area contributed by atoms with Gasteiger partial charge < -0.3 is 14.6 Å². The highest BCUT2D eigenvalue weighted by molar-refractivity contribution is 5.94. The highest BCUT2D eigenvalue weighted by atomic mass is 16.5. The van der Waals surface area contributed by atoms with E-state index >= 15 is 0 Å². The normalized spacial score (nSPS) is 20.2. The summed E-state index contributed by atoms with van der Waals surface area (Å²) in [6.45, 7) is 3.40. The molecule has 2 aromatic rings. The van der Waals surface area contributed by atoms with E-state index in [0.29, 0.717) is 13.1 Å². The number of carbonyl (C=O) groups excluding carboxylic acids is 1. The summed E-state index contributed by atoms with van der Waals surface area (Å²) < 4.78 is 5.70. The first-order valence-corrected chi connectivity index (χ1v) is 8.73. The molecule has 0 spiro atoms. The van der Waals surface area contributed by atoms with Gasteiger partial charge in [0.1, 0.15) is 11.9 Å². The molecule has 4 rings (SSSR count). The standard InChI is InChI=1S/C19H21N3O3/c1-12-8-15-9-14(2-3-17(15)25-12)19(24)22-6-4-13(5-7-22)16-10-18(23)21-11-20-16/h2-3,9-13H,4-8H2,1H3,(H,20,21,23). The fourth-order valence-corrected chi connectivity index (χ4v) is 3.72. The van der Waals surface area contributed by atoms with Gasteiger partial charge in [0.2, 0.25) is 0 Å². The van der Waals surface area contributed by atoms with Crippen LogP contribution in [0.1, 0.15) is 47.3 Å². The lowest BCUT2D eigenvalue weighted by atomic mass is 9.93. The van der Waals surface area contributed by atoms with Crippen LogP contribution in [0, 0.1) is 0 Å². The molecule has 6 nitrogen and oxygen atoms in total. The van der Waals surface area contributed by atoms with Crippen molar-refractivity contribution >= 4 is 5.91 Å². The minimum atomic E-state index is -0.127. The average molecular weight is 339 g/mol. The summed E-state index contributed by atoms with van der Waals surface area (Å²) >= 11 is 0. The van der Waals surface area contributed by atoms with Crippen molar-refractivity contribution in [3.8, 4) is 5.75 Å². The minimum Gasteiger partial charge on any atom is -0.490 e. The predicted molar refractivity (Wildman–Crippen MR) is 93.0 cm³/mol. The third kappa shape index (κ3) is 3.16. The molecule has 1 unspecified atom stereocenters. The number of likely N-dealkylation sites (tertiary alicyclic amines) is 1. The Bertz CT molecular complexity index is 853. The summed E-state index contributed by atoms with van der Waals surface area (Å²) in [5.74, 6) is 1.20. The summed E-state index contributed by atoms with van der Waals surface area (Å²) in [6.07, 6.45) is 4.13. The topological polar surface area (TPSA) is 75.3 Å². The van der Waals surface area contributed by atoms with Gasteiger partial charge in [-0.2, -0.15) is 0 Å². The van der Waals surface area contributed by atoms with Crippen molar-refractivity contribution < 1.29 is 9.53 Å². The largest absolute Gasteiger partial charge is 0.490 e. The summed E-state index contributed by atoms with van der Waals surface area (Å²) in [5, 5.41) is 0. The molecule has 1 aromatic carbocycles. The Morgan fingerprint density at radius 2 is 2.08 bits per heavy atom. The van der Waals surface area contributed by atoms with Crippen LogP contribution in [0.2, 0.25) is 0 Å². The van der Waals surface area contributed by atoms with Crippen molar-refractivity contribution in [2.45, 2.75) is 38.2 Å². The van der Waals surface area contributed by atoms with Gasteiger partial charge in [0.15, 0.2) is 0 Å². The fraction of sp³-hybridized carbons (Fsp3) is 0.421. The molecule has 0 bridgehead atoms. The lowest BCUT2D eigenvalue weighted by molar-refractivity contribution is 0.0712. The third-order valence-electron chi connectivity index (χ3n) is 5.04. The second-order valence-corrected chi connectivity index (χ2v) is 6.86. The van der Waals surface area contributed by atoms with Gasteiger partial charge in [0.05, 0.1) is 12.0 Å². The number of nitrogens with one attached hydrogen (secondary N) is 1. The molecular formula is C19H21N3O3. The van der Waals surface area contributed by atoms with Gasteiger partial charge in [-0.1, -0.05) is 0 Å². The third-order valence-corrected chi connectivity index (χ3v) is 5.04. The first-order valence-electron chi connectivity index (χ1n) is 8.73. The molecule has 1 aromatic heterocycles. The van der Waals surface area contributed by atoms with Crippen molar-refractivity contribution in [2.24, 2.45) is 0 Å². The fourth-order valence-electron chi connectivity index (χ4n) is 3.72. The van der Waals surface area contributed by atoms with Crippen LogP contribution >= 0.6 is 0 Å². The van der Waals surface area contributed by atoms with E-state index < -0.39 is 0 Å². The van der Waals surface area contributed by atoms with Crippen LogP contribution in [0.15, 0.2) is 35.4 Å². The number of hydrogen-bond donors (Lipinski definition) is 1. The van der Waals surface area contributed by atoms with Crippen molar-refractivity contribution in [3.63, 3.8) is 0 Å². The average Bonchev–Trinajstić information content (AvgIpc) is 3.00. The Kier molecular flexibility index (Phi) is 4.03. The highest BCUT2D eigenvalue weighted by Gasteiger charge is 2.27. The Labute approximate surface area is 145 Å². The second kappa shape index (κ2) is 6.35. The number of ether oxygens (including phenoxy) is 1. The lowest BCUT2D eigenvalue weighted by Gasteiger charge is -2.31. The Hall–Kier alpha value is -2.63. The Morgan fingerprint density at radius 1 is 1.28 bits per heavy atom. The van der Waals surface area contributed by atoms with Gasteiger partial charge in [-0.25, -0.2) is 4.98 Å². The van der Waals surface area contributed by atoms with Gasteiger partial charge in [-0.3, -0.25) is 9.59 Å². The molecule has 1 atom stereocenters. The van der Waals surface area contributed by atoms with E-state index in [2.05, 4.69) is 9.97 Å². The smallest absolute Gasteiger partial charge is 0.253 e. The molecule has 6 heteroatoms. The monoisotopic (exact) mass is 339 g/mol. The summed E-state index contributed by atoms with van der Waals surface area (Å²) in [5.41, 5.74) is 2.53. The van der Waals surface area contributed by atoms with Crippen LogP contribution in [-0.4, -0.2) is 40.0 Å². The van der Waals surface area contributed by atoms with Gasteiger partial charge in [0.25, 0.3) is 11.5 Å². The van der Waals surface area contributed by atoms with Crippen molar-refractivity contribution in [1.82, 2.24) is 14.9 Å². The maximum Gasteiger partial charge on any atom is 0.253 e. The first kappa shape index (κ1) is 15.9. The number of carbonyl (C=O) groups is 1. The van der Waals surface area contributed by atoms with Crippen LogP contribution in [0.5, 0.6) is 5.75 Å². The quantitative estimate of drug-likeness (QED) is 0.909. The Balaban J connectivity index is 1.43. The molecule has 2 aliphatic rings. The zero-order valence-electron chi connectivity index (χ0n) is 14.2. The number of fused-ring (bicyclic) bond motifs is 1. The number of benzene rings is 1. The zero-order chi connectivity index (χ0) is 17.4. The van der Waals surface area contributed by atoms with Crippen LogP contribution in [0.3, 0.4) is 0 Å². The number of piperidine rings is 1. The van der Waals surface area contributed by atoms with Gasteiger partial charge in [-0.05, 0) is 43.5 Å². The van der Waals surface area contributed by atoms with E-state index in [1.54, 1.807) is 6.07 Å². The molecule has 1 N–H and O–H groups in total. The van der Waals surface area contributed by atoms with E-state index in [1.165, 1.54) is 6.33 Å². The van der Waals surface area contributed by atoms with Crippen LogP contribution in [0.25, 0.3) is 0 Å². The number of rotatable bonds is 2. The van der Waals surface area contributed by atoms with Gasteiger partial charge >= 0.3 is 0 Å². The van der Waals surface area contributed by atoms with Crippen LogP contribution in [-0.2, 0) is 6.42 Å². The molecule has 0 aliphatic carbocycles. The van der Waals surface area contributed by atoms with Gasteiger partial charge in [0, 0.05) is 37.1 Å². The number of nitrogens with zero attached hydrogens (tertiary/aromatic N) is 2.